The fraction of sp³-hybridized carbons (Fsp3) is 0.500. The molecule has 0 spiro atoms. The number of rotatable bonds is 3. The standard InChI is InChI=1S/C12H18ClN3O2S.ClH/c1-15(2)19(17,18)16-7-6-14-9-12(16)10-4-3-5-11(13)8-10;/h3-5,8,12,14H,6-7,9H2,1-2H3;1H. The predicted molar refractivity (Wildman–Crippen MR) is 83.6 cm³/mol. The first-order valence-corrected chi connectivity index (χ1v) is 7.86. The van der Waals surface area contributed by atoms with E-state index in [2.05, 4.69) is 5.32 Å². The Morgan fingerprint density at radius 1 is 1.40 bits per heavy atom. The summed E-state index contributed by atoms with van der Waals surface area (Å²) in [5.74, 6) is 0. The van der Waals surface area contributed by atoms with Crippen LogP contribution in [0.5, 0.6) is 0 Å². The molecule has 0 radical (unpaired) electrons. The van der Waals surface area contributed by atoms with E-state index in [-0.39, 0.29) is 18.4 Å². The first-order chi connectivity index (χ1) is 8.93. The van der Waals surface area contributed by atoms with Crippen LogP contribution in [0.3, 0.4) is 0 Å². The maximum atomic E-state index is 12.3. The van der Waals surface area contributed by atoms with Gasteiger partial charge in [0.15, 0.2) is 0 Å². The lowest BCUT2D eigenvalue weighted by Gasteiger charge is -2.36. The van der Waals surface area contributed by atoms with Gasteiger partial charge in [-0.1, -0.05) is 23.7 Å². The molecule has 1 aliphatic heterocycles. The van der Waals surface area contributed by atoms with Crippen molar-refractivity contribution in [3.05, 3.63) is 34.9 Å². The molecule has 0 bridgehead atoms. The minimum atomic E-state index is -3.43. The van der Waals surface area contributed by atoms with E-state index in [1.807, 2.05) is 18.2 Å². The van der Waals surface area contributed by atoms with Crippen molar-refractivity contribution in [2.24, 2.45) is 0 Å². The lowest BCUT2D eigenvalue weighted by Crippen LogP contribution is -2.51. The van der Waals surface area contributed by atoms with E-state index >= 15 is 0 Å². The molecule has 1 aromatic carbocycles. The summed E-state index contributed by atoms with van der Waals surface area (Å²) in [5, 5.41) is 3.84. The Hall–Kier alpha value is -0.370. The average Bonchev–Trinajstić information content (AvgIpc) is 2.38. The quantitative estimate of drug-likeness (QED) is 0.908. The molecule has 20 heavy (non-hydrogen) atoms. The number of halogens is 2. The Kier molecular flexibility index (Phi) is 6.25. The zero-order chi connectivity index (χ0) is 14.0. The van der Waals surface area contributed by atoms with Gasteiger partial charge in [0.2, 0.25) is 0 Å². The van der Waals surface area contributed by atoms with Gasteiger partial charge in [0.1, 0.15) is 0 Å². The summed E-state index contributed by atoms with van der Waals surface area (Å²) in [4.78, 5) is 0. The van der Waals surface area contributed by atoms with Crippen LogP contribution in [-0.4, -0.2) is 50.8 Å². The molecule has 0 aliphatic carbocycles. The summed E-state index contributed by atoms with van der Waals surface area (Å²) in [7, 11) is -0.331. The van der Waals surface area contributed by atoms with E-state index in [4.69, 9.17) is 11.6 Å². The summed E-state index contributed by atoms with van der Waals surface area (Å²) in [6.07, 6.45) is 0. The van der Waals surface area contributed by atoms with Crippen LogP contribution in [-0.2, 0) is 10.2 Å². The highest BCUT2D eigenvalue weighted by molar-refractivity contribution is 7.86. The third-order valence-corrected chi connectivity index (χ3v) is 5.37. The molecule has 114 valence electrons. The zero-order valence-electron chi connectivity index (χ0n) is 11.4. The molecule has 1 fully saturated rings. The van der Waals surface area contributed by atoms with E-state index in [9.17, 15) is 8.42 Å². The normalized spacial score (nSPS) is 20.7. The maximum Gasteiger partial charge on any atom is 0.282 e. The molecular formula is C12H19Cl2N3O2S. The van der Waals surface area contributed by atoms with Gasteiger partial charge in [-0.15, -0.1) is 12.4 Å². The van der Waals surface area contributed by atoms with Gasteiger partial charge in [-0.2, -0.15) is 17.0 Å². The second-order valence-corrected chi connectivity index (χ2v) is 7.21. The fourth-order valence-electron chi connectivity index (χ4n) is 2.17. The van der Waals surface area contributed by atoms with Crippen LogP contribution in [0.4, 0.5) is 0 Å². The number of hydrogen-bond acceptors (Lipinski definition) is 3. The molecule has 2 rings (SSSR count). The second-order valence-electron chi connectivity index (χ2n) is 4.68. The fourth-order valence-corrected chi connectivity index (χ4v) is 3.63. The van der Waals surface area contributed by atoms with Crippen LogP contribution >= 0.6 is 24.0 Å². The highest BCUT2D eigenvalue weighted by atomic mass is 35.5. The smallest absolute Gasteiger partial charge is 0.282 e. The summed E-state index contributed by atoms with van der Waals surface area (Å²) in [5.41, 5.74) is 0.908. The van der Waals surface area contributed by atoms with Gasteiger partial charge >= 0.3 is 0 Å². The van der Waals surface area contributed by atoms with Crippen molar-refractivity contribution < 1.29 is 8.42 Å². The van der Waals surface area contributed by atoms with Gasteiger partial charge in [0.05, 0.1) is 6.04 Å². The number of hydrogen-bond donors (Lipinski definition) is 1. The molecule has 1 saturated heterocycles. The van der Waals surface area contributed by atoms with Crippen molar-refractivity contribution in [1.29, 1.82) is 0 Å². The highest BCUT2D eigenvalue weighted by Crippen LogP contribution is 2.27. The van der Waals surface area contributed by atoms with Crippen molar-refractivity contribution in [3.8, 4) is 0 Å². The molecular weight excluding hydrogens is 321 g/mol. The number of nitrogens with zero attached hydrogens (tertiary/aromatic N) is 2. The SMILES string of the molecule is CN(C)S(=O)(=O)N1CCNCC1c1cccc(Cl)c1.Cl. The molecule has 0 amide bonds. The van der Waals surface area contributed by atoms with Crippen LogP contribution < -0.4 is 5.32 Å². The molecule has 8 heteroatoms. The van der Waals surface area contributed by atoms with Crippen molar-refractivity contribution in [2.75, 3.05) is 33.7 Å². The van der Waals surface area contributed by atoms with Crippen LogP contribution in [0.15, 0.2) is 24.3 Å². The second kappa shape index (κ2) is 7.06. The Labute approximate surface area is 131 Å². The van der Waals surface area contributed by atoms with Crippen molar-refractivity contribution in [3.63, 3.8) is 0 Å². The molecule has 1 aliphatic rings. The Morgan fingerprint density at radius 3 is 2.70 bits per heavy atom. The largest absolute Gasteiger partial charge is 0.313 e. The monoisotopic (exact) mass is 339 g/mol. The molecule has 0 aromatic heterocycles. The van der Waals surface area contributed by atoms with E-state index in [1.165, 1.54) is 8.61 Å². The van der Waals surface area contributed by atoms with Gasteiger partial charge in [0.25, 0.3) is 10.2 Å². The number of piperazine rings is 1. The average molecular weight is 340 g/mol. The van der Waals surface area contributed by atoms with Crippen LogP contribution in [0.1, 0.15) is 11.6 Å². The lowest BCUT2D eigenvalue weighted by molar-refractivity contribution is 0.257. The Morgan fingerprint density at radius 2 is 2.10 bits per heavy atom. The predicted octanol–water partition coefficient (Wildman–Crippen LogP) is 1.51. The van der Waals surface area contributed by atoms with Gasteiger partial charge < -0.3 is 5.32 Å². The number of nitrogens with one attached hydrogen (secondary N) is 1. The summed E-state index contributed by atoms with van der Waals surface area (Å²) < 4.78 is 27.5. The van der Waals surface area contributed by atoms with E-state index in [0.29, 0.717) is 24.7 Å². The van der Waals surface area contributed by atoms with Gasteiger partial charge in [-0.3, -0.25) is 0 Å². The van der Waals surface area contributed by atoms with E-state index in [0.717, 1.165) is 5.56 Å². The molecule has 1 unspecified atom stereocenters. The minimum Gasteiger partial charge on any atom is -0.313 e. The van der Waals surface area contributed by atoms with Crippen LogP contribution in [0.25, 0.3) is 0 Å². The van der Waals surface area contributed by atoms with Crippen molar-refractivity contribution >= 4 is 34.2 Å². The van der Waals surface area contributed by atoms with Crippen molar-refractivity contribution in [1.82, 2.24) is 13.9 Å². The van der Waals surface area contributed by atoms with E-state index in [1.54, 1.807) is 20.2 Å². The molecule has 1 atom stereocenters. The summed E-state index contributed by atoms with van der Waals surface area (Å²) in [6.45, 7) is 1.70. The first-order valence-electron chi connectivity index (χ1n) is 6.08. The third-order valence-electron chi connectivity index (χ3n) is 3.19. The van der Waals surface area contributed by atoms with E-state index < -0.39 is 10.2 Å². The topological polar surface area (TPSA) is 52.7 Å². The first kappa shape index (κ1) is 17.7. The molecule has 1 N–H and O–H groups in total. The maximum absolute atomic E-state index is 12.3. The molecule has 1 aromatic rings. The minimum absolute atomic E-state index is 0. The Balaban J connectivity index is 0.00000200. The van der Waals surface area contributed by atoms with Gasteiger partial charge in [-0.05, 0) is 17.7 Å². The molecule has 1 heterocycles. The summed E-state index contributed by atoms with van der Waals surface area (Å²) >= 11 is 5.99. The highest BCUT2D eigenvalue weighted by Gasteiger charge is 2.34. The molecule has 5 nitrogen and oxygen atoms in total. The lowest BCUT2D eigenvalue weighted by atomic mass is 10.1. The molecule has 0 saturated carbocycles. The van der Waals surface area contributed by atoms with Gasteiger partial charge in [0, 0.05) is 38.8 Å². The number of benzene rings is 1. The van der Waals surface area contributed by atoms with Crippen LogP contribution in [0, 0.1) is 0 Å². The zero-order valence-corrected chi connectivity index (χ0v) is 13.8. The van der Waals surface area contributed by atoms with Crippen molar-refractivity contribution in [2.45, 2.75) is 6.04 Å². The van der Waals surface area contributed by atoms with Crippen LogP contribution in [0.2, 0.25) is 5.02 Å². The van der Waals surface area contributed by atoms with Gasteiger partial charge in [-0.25, -0.2) is 0 Å². The Bertz CT molecular complexity index is 551. The third kappa shape index (κ3) is 3.63. The summed E-state index contributed by atoms with van der Waals surface area (Å²) in [6, 6.07) is 7.12.